The van der Waals surface area contributed by atoms with Crippen LogP contribution in [0.3, 0.4) is 0 Å². The van der Waals surface area contributed by atoms with E-state index in [1.807, 2.05) is 62.1 Å². The first-order valence-electron chi connectivity index (χ1n) is 14.5. The number of hydrogen-bond acceptors (Lipinski definition) is 5. The molecule has 2 amide bonds. The molecule has 9 heteroatoms. The highest BCUT2D eigenvalue weighted by Gasteiger charge is 2.48. The molecular weight excluding hydrogens is 573 g/mol. The minimum Gasteiger partial charge on any atom is -0.497 e. The molecule has 1 aliphatic rings. The fourth-order valence-corrected chi connectivity index (χ4v) is 6.42. The van der Waals surface area contributed by atoms with Gasteiger partial charge in [0.05, 0.1) is 18.6 Å². The molecule has 0 aromatic heterocycles. The number of carbonyl (C=O) groups excluding carboxylic acids is 2. The maximum Gasteiger partial charge on any atom is 0.249 e. The van der Waals surface area contributed by atoms with E-state index in [-0.39, 0.29) is 25.3 Å². The van der Waals surface area contributed by atoms with Crippen molar-refractivity contribution in [1.29, 1.82) is 0 Å². The van der Waals surface area contributed by atoms with Crippen molar-refractivity contribution in [3.63, 3.8) is 0 Å². The van der Waals surface area contributed by atoms with Crippen molar-refractivity contribution in [2.45, 2.75) is 59.1 Å². The van der Waals surface area contributed by atoms with Gasteiger partial charge in [0, 0.05) is 47.7 Å². The zero-order chi connectivity index (χ0) is 30.9. The predicted octanol–water partition coefficient (Wildman–Crippen LogP) is 5.71. The second-order valence-electron chi connectivity index (χ2n) is 11.1. The van der Waals surface area contributed by atoms with Crippen LogP contribution in [0.25, 0.3) is 0 Å². The maximum atomic E-state index is 13.7. The van der Waals surface area contributed by atoms with Crippen LogP contribution in [-0.4, -0.2) is 54.7 Å². The first-order valence-corrected chi connectivity index (χ1v) is 15.2. The van der Waals surface area contributed by atoms with Crippen LogP contribution in [0.1, 0.15) is 51.2 Å². The van der Waals surface area contributed by atoms with E-state index >= 15 is 0 Å². The summed E-state index contributed by atoms with van der Waals surface area (Å²) >= 11 is 12.6. The van der Waals surface area contributed by atoms with Gasteiger partial charge in [0.15, 0.2) is 0 Å². The highest BCUT2D eigenvalue weighted by atomic mass is 35.5. The molecule has 2 aromatic rings. The lowest BCUT2D eigenvalue weighted by molar-refractivity contribution is -0.132. The topological polar surface area (TPSA) is 105 Å². The Morgan fingerprint density at radius 2 is 1.76 bits per heavy atom. The number of rotatable bonds is 15. The predicted molar refractivity (Wildman–Crippen MR) is 170 cm³/mol. The molecule has 0 heterocycles. The third-order valence-corrected chi connectivity index (χ3v) is 8.14. The van der Waals surface area contributed by atoms with E-state index in [1.54, 1.807) is 25.3 Å². The summed E-state index contributed by atoms with van der Waals surface area (Å²) in [5.74, 6) is -0.639. The number of benzene rings is 2. The normalized spacial score (nSPS) is 18.1. The number of nitrogens with two attached hydrogens (primary N) is 1. The van der Waals surface area contributed by atoms with E-state index in [1.165, 1.54) is 0 Å². The quantitative estimate of drug-likeness (QED) is 0.238. The molecule has 4 N–H and O–H groups in total. The van der Waals surface area contributed by atoms with Gasteiger partial charge in [0.1, 0.15) is 5.75 Å². The maximum absolute atomic E-state index is 13.7. The number of carbonyl (C=O) groups is 2. The molecule has 0 bridgehead atoms. The van der Waals surface area contributed by atoms with E-state index in [4.69, 9.17) is 33.7 Å². The van der Waals surface area contributed by atoms with Crippen molar-refractivity contribution in [3.05, 3.63) is 86.9 Å². The van der Waals surface area contributed by atoms with E-state index < -0.39 is 23.3 Å². The Hall–Kier alpha value is -2.84. The summed E-state index contributed by atoms with van der Waals surface area (Å²) in [6.07, 6.45) is 4.66. The smallest absolute Gasteiger partial charge is 0.249 e. The standard InChI is InChI=1S/C33H43Cl2N3O4/c1-5-10-38(11-6-2)31(40)25-12-22(3)18-33(19-25,32(36)41)29(16-24-13-26(34)17-27(35)14-24)30(39)21-37-20-23-8-7-9-28(15-23)42-4/h7-9,12-15,17-18,29-30,37,39H,5-6,10-11,16,19-21H2,1-4H3,(H2,36,41)/t29-,30+,33?/m1/s1. The number of methoxy groups -OCH3 is 1. The average molecular weight is 617 g/mol. The number of hydrogen-bond donors (Lipinski definition) is 3. The van der Waals surface area contributed by atoms with E-state index in [9.17, 15) is 14.7 Å². The first kappa shape index (κ1) is 33.7. The Kier molecular flexibility index (Phi) is 12.5. The van der Waals surface area contributed by atoms with Crippen LogP contribution in [-0.2, 0) is 22.6 Å². The lowest BCUT2D eigenvalue weighted by Gasteiger charge is -2.42. The van der Waals surface area contributed by atoms with E-state index in [0.717, 1.165) is 35.3 Å². The number of allylic oxidation sites excluding steroid dienone is 2. The van der Waals surface area contributed by atoms with Crippen molar-refractivity contribution >= 4 is 35.0 Å². The van der Waals surface area contributed by atoms with Crippen molar-refractivity contribution in [2.75, 3.05) is 26.7 Å². The average Bonchev–Trinajstić information content (AvgIpc) is 2.94. The molecular formula is C33H43Cl2N3O4. The van der Waals surface area contributed by atoms with Gasteiger partial charge in [-0.2, -0.15) is 0 Å². The Morgan fingerprint density at radius 1 is 1.10 bits per heavy atom. The highest BCUT2D eigenvalue weighted by Crippen LogP contribution is 2.44. The molecule has 0 fully saturated rings. The summed E-state index contributed by atoms with van der Waals surface area (Å²) < 4.78 is 5.32. The lowest BCUT2D eigenvalue weighted by Crippen LogP contribution is -2.51. The molecule has 0 saturated carbocycles. The van der Waals surface area contributed by atoms with Gasteiger partial charge < -0.3 is 25.8 Å². The molecule has 228 valence electrons. The second-order valence-corrected chi connectivity index (χ2v) is 11.9. The molecule has 42 heavy (non-hydrogen) atoms. The zero-order valence-electron chi connectivity index (χ0n) is 25.0. The fourth-order valence-electron chi connectivity index (χ4n) is 5.85. The number of ether oxygens (including phenoxy) is 1. The van der Waals surface area contributed by atoms with Crippen LogP contribution in [0.5, 0.6) is 5.75 Å². The van der Waals surface area contributed by atoms with Crippen LogP contribution < -0.4 is 15.8 Å². The third kappa shape index (κ3) is 8.60. The Balaban J connectivity index is 1.98. The van der Waals surface area contributed by atoms with Gasteiger partial charge in [0.2, 0.25) is 11.8 Å². The van der Waals surface area contributed by atoms with Gasteiger partial charge >= 0.3 is 0 Å². The van der Waals surface area contributed by atoms with Gasteiger partial charge in [-0.25, -0.2) is 0 Å². The Labute approximate surface area is 259 Å². The van der Waals surface area contributed by atoms with Crippen molar-refractivity contribution < 1.29 is 19.4 Å². The summed E-state index contributed by atoms with van der Waals surface area (Å²) in [6.45, 7) is 7.83. The zero-order valence-corrected chi connectivity index (χ0v) is 26.5. The molecule has 7 nitrogen and oxygen atoms in total. The second kappa shape index (κ2) is 15.6. The van der Waals surface area contributed by atoms with Gasteiger partial charge in [-0.1, -0.05) is 66.9 Å². The minimum absolute atomic E-state index is 0.0916. The highest BCUT2D eigenvalue weighted by molar-refractivity contribution is 6.34. The number of primary amides is 1. The molecule has 0 radical (unpaired) electrons. The summed E-state index contributed by atoms with van der Waals surface area (Å²) in [6, 6.07) is 12.8. The molecule has 3 atom stereocenters. The van der Waals surface area contributed by atoms with Crippen LogP contribution in [0.15, 0.2) is 65.8 Å². The summed E-state index contributed by atoms with van der Waals surface area (Å²) in [7, 11) is 1.61. The van der Waals surface area contributed by atoms with Gasteiger partial charge in [-0.3, -0.25) is 9.59 Å². The number of nitrogens with zero attached hydrogens (tertiary/aromatic N) is 1. The molecule has 2 aromatic carbocycles. The largest absolute Gasteiger partial charge is 0.497 e. The lowest BCUT2D eigenvalue weighted by atomic mass is 9.63. The van der Waals surface area contributed by atoms with Crippen LogP contribution in [0.2, 0.25) is 10.0 Å². The van der Waals surface area contributed by atoms with Crippen molar-refractivity contribution in [1.82, 2.24) is 10.2 Å². The number of aliphatic hydroxyl groups excluding tert-OH is 1. The molecule has 0 aliphatic heterocycles. The monoisotopic (exact) mass is 615 g/mol. The SMILES string of the molecule is CCCN(CCC)C(=O)C1=CC(C)=CC(C(N)=O)([C@H](Cc2cc(Cl)cc(Cl)c2)[C@@H](O)CNCc2cccc(OC)c2)C1. The molecule has 3 rings (SSSR count). The number of aliphatic hydroxyl groups is 1. The van der Waals surface area contributed by atoms with Crippen molar-refractivity contribution in [3.8, 4) is 5.75 Å². The fraction of sp³-hybridized carbons (Fsp3) is 0.455. The van der Waals surface area contributed by atoms with Gasteiger partial charge in [0.25, 0.3) is 0 Å². The van der Waals surface area contributed by atoms with E-state index in [0.29, 0.717) is 35.3 Å². The molecule has 0 saturated heterocycles. The van der Waals surface area contributed by atoms with E-state index in [2.05, 4.69) is 5.32 Å². The Bertz CT molecular complexity index is 1290. The number of halogens is 2. The van der Waals surface area contributed by atoms with Crippen LogP contribution >= 0.6 is 23.2 Å². The Morgan fingerprint density at radius 3 is 2.36 bits per heavy atom. The molecule has 0 spiro atoms. The van der Waals surface area contributed by atoms with Gasteiger partial charge in [-0.05, 0) is 74.1 Å². The minimum atomic E-state index is -1.32. The summed E-state index contributed by atoms with van der Waals surface area (Å²) in [4.78, 5) is 29.0. The van der Waals surface area contributed by atoms with Gasteiger partial charge in [-0.15, -0.1) is 0 Å². The number of amides is 2. The summed E-state index contributed by atoms with van der Waals surface area (Å²) in [5.41, 5.74) is 7.89. The van der Waals surface area contributed by atoms with Crippen LogP contribution in [0.4, 0.5) is 0 Å². The molecule has 1 unspecified atom stereocenters. The first-order chi connectivity index (χ1) is 20.0. The summed E-state index contributed by atoms with van der Waals surface area (Å²) in [5, 5.41) is 16.0. The third-order valence-electron chi connectivity index (χ3n) is 7.70. The van der Waals surface area contributed by atoms with Crippen LogP contribution in [0, 0.1) is 11.3 Å². The van der Waals surface area contributed by atoms with Crippen molar-refractivity contribution in [2.24, 2.45) is 17.1 Å². The molecule has 1 aliphatic carbocycles. The number of nitrogens with one attached hydrogen (secondary N) is 1.